The lowest BCUT2D eigenvalue weighted by Crippen LogP contribution is -2.47. The van der Waals surface area contributed by atoms with Gasteiger partial charge in [-0.25, -0.2) is 0 Å². The van der Waals surface area contributed by atoms with E-state index in [0.29, 0.717) is 5.56 Å². The molecule has 0 bridgehead atoms. The SMILES string of the molecule is Cc1cc(C(=O)NNC(=O)C2(C)CCCC2)c(C)n1-c1ccccc1. The molecule has 2 amide bonds. The first kappa shape index (κ1) is 17.3. The molecular weight excluding hydrogens is 314 g/mol. The number of aryl methyl sites for hydroxylation is 1. The molecule has 3 rings (SSSR count). The number of para-hydroxylation sites is 1. The number of rotatable bonds is 3. The molecule has 0 saturated heterocycles. The van der Waals surface area contributed by atoms with Gasteiger partial charge in [-0.1, -0.05) is 38.0 Å². The number of aromatic nitrogens is 1. The summed E-state index contributed by atoms with van der Waals surface area (Å²) < 4.78 is 2.04. The monoisotopic (exact) mass is 339 g/mol. The third kappa shape index (κ3) is 3.31. The lowest BCUT2D eigenvalue weighted by molar-refractivity contribution is -0.130. The first-order valence-electron chi connectivity index (χ1n) is 8.77. The van der Waals surface area contributed by atoms with Crippen molar-refractivity contribution in [1.29, 1.82) is 0 Å². The smallest absolute Gasteiger partial charge is 0.271 e. The Morgan fingerprint density at radius 1 is 1.04 bits per heavy atom. The molecule has 5 heteroatoms. The van der Waals surface area contributed by atoms with Crippen LogP contribution in [0.25, 0.3) is 5.69 Å². The van der Waals surface area contributed by atoms with Crippen LogP contribution >= 0.6 is 0 Å². The van der Waals surface area contributed by atoms with Gasteiger partial charge in [-0.05, 0) is 44.9 Å². The molecule has 132 valence electrons. The molecule has 1 aliphatic carbocycles. The molecule has 5 nitrogen and oxygen atoms in total. The van der Waals surface area contributed by atoms with Crippen LogP contribution in [-0.2, 0) is 4.79 Å². The van der Waals surface area contributed by atoms with E-state index in [-0.39, 0.29) is 17.2 Å². The molecular formula is C20H25N3O2. The first-order chi connectivity index (χ1) is 11.9. The average molecular weight is 339 g/mol. The van der Waals surface area contributed by atoms with E-state index in [2.05, 4.69) is 10.9 Å². The molecule has 1 aromatic carbocycles. The number of carbonyl (C=O) groups excluding carboxylic acids is 2. The second-order valence-corrected chi connectivity index (χ2v) is 7.13. The summed E-state index contributed by atoms with van der Waals surface area (Å²) in [5, 5.41) is 0. The van der Waals surface area contributed by atoms with E-state index < -0.39 is 0 Å². The summed E-state index contributed by atoms with van der Waals surface area (Å²) in [6.07, 6.45) is 3.88. The number of hydrazine groups is 1. The van der Waals surface area contributed by atoms with E-state index in [9.17, 15) is 9.59 Å². The van der Waals surface area contributed by atoms with E-state index in [0.717, 1.165) is 42.8 Å². The van der Waals surface area contributed by atoms with Gasteiger partial charge in [-0.3, -0.25) is 20.4 Å². The molecule has 0 unspecified atom stereocenters. The lowest BCUT2D eigenvalue weighted by Gasteiger charge is -2.22. The number of nitrogens with zero attached hydrogens (tertiary/aromatic N) is 1. The maximum atomic E-state index is 12.5. The van der Waals surface area contributed by atoms with Gasteiger partial charge in [0.1, 0.15) is 0 Å². The van der Waals surface area contributed by atoms with Crippen LogP contribution < -0.4 is 10.9 Å². The highest BCUT2D eigenvalue weighted by Crippen LogP contribution is 2.37. The van der Waals surface area contributed by atoms with Crippen molar-refractivity contribution in [2.24, 2.45) is 5.41 Å². The third-order valence-corrected chi connectivity index (χ3v) is 5.23. The van der Waals surface area contributed by atoms with Gasteiger partial charge in [-0.2, -0.15) is 0 Å². The van der Waals surface area contributed by atoms with Crippen LogP contribution in [0.1, 0.15) is 54.4 Å². The second kappa shape index (κ2) is 6.75. The Hall–Kier alpha value is -2.56. The van der Waals surface area contributed by atoms with Crippen molar-refractivity contribution >= 4 is 11.8 Å². The van der Waals surface area contributed by atoms with Gasteiger partial charge in [0.2, 0.25) is 5.91 Å². The van der Waals surface area contributed by atoms with Gasteiger partial charge in [0.25, 0.3) is 5.91 Å². The summed E-state index contributed by atoms with van der Waals surface area (Å²) in [6.45, 7) is 5.84. The van der Waals surface area contributed by atoms with Crippen LogP contribution in [0.2, 0.25) is 0 Å². The van der Waals surface area contributed by atoms with Crippen molar-refractivity contribution in [2.75, 3.05) is 0 Å². The fourth-order valence-corrected chi connectivity index (χ4v) is 3.68. The molecule has 1 heterocycles. The van der Waals surface area contributed by atoms with Crippen LogP contribution in [0.5, 0.6) is 0 Å². The minimum atomic E-state index is -0.367. The van der Waals surface area contributed by atoms with E-state index >= 15 is 0 Å². The summed E-state index contributed by atoms with van der Waals surface area (Å²) in [6, 6.07) is 11.8. The van der Waals surface area contributed by atoms with E-state index in [1.807, 2.05) is 61.7 Å². The van der Waals surface area contributed by atoms with Gasteiger partial charge < -0.3 is 4.57 Å². The maximum absolute atomic E-state index is 12.5. The summed E-state index contributed by atoms with van der Waals surface area (Å²) in [4.78, 5) is 24.9. The molecule has 25 heavy (non-hydrogen) atoms. The molecule has 2 aromatic rings. The van der Waals surface area contributed by atoms with Crippen LogP contribution in [0.15, 0.2) is 36.4 Å². The molecule has 0 radical (unpaired) electrons. The Morgan fingerprint density at radius 2 is 1.68 bits per heavy atom. The minimum Gasteiger partial charge on any atom is -0.318 e. The third-order valence-electron chi connectivity index (χ3n) is 5.23. The van der Waals surface area contributed by atoms with Crippen LogP contribution in [-0.4, -0.2) is 16.4 Å². The number of carbonyl (C=O) groups is 2. The first-order valence-corrected chi connectivity index (χ1v) is 8.77. The van der Waals surface area contributed by atoms with Gasteiger partial charge in [0, 0.05) is 22.5 Å². The molecule has 1 aromatic heterocycles. The Morgan fingerprint density at radius 3 is 2.32 bits per heavy atom. The van der Waals surface area contributed by atoms with Crippen molar-refractivity contribution in [3.8, 4) is 5.69 Å². The molecule has 1 aliphatic rings. The number of nitrogens with one attached hydrogen (secondary N) is 2. The highest BCUT2D eigenvalue weighted by molar-refractivity contribution is 5.97. The van der Waals surface area contributed by atoms with E-state index in [4.69, 9.17) is 0 Å². The number of hydrogen-bond donors (Lipinski definition) is 2. The van der Waals surface area contributed by atoms with E-state index in [1.54, 1.807) is 0 Å². The van der Waals surface area contributed by atoms with Crippen LogP contribution in [0.3, 0.4) is 0 Å². The predicted octanol–water partition coefficient (Wildman–Crippen LogP) is 3.44. The Balaban J connectivity index is 1.74. The molecule has 0 spiro atoms. The Labute approximate surface area is 148 Å². The zero-order chi connectivity index (χ0) is 18.0. The predicted molar refractivity (Wildman–Crippen MR) is 97.4 cm³/mol. The fraction of sp³-hybridized carbons (Fsp3) is 0.400. The van der Waals surface area contributed by atoms with Gasteiger partial charge in [-0.15, -0.1) is 0 Å². The summed E-state index contributed by atoms with van der Waals surface area (Å²) in [5.41, 5.74) is 8.23. The van der Waals surface area contributed by atoms with Crippen LogP contribution in [0.4, 0.5) is 0 Å². The highest BCUT2D eigenvalue weighted by Gasteiger charge is 2.36. The van der Waals surface area contributed by atoms with Crippen molar-refractivity contribution in [1.82, 2.24) is 15.4 Å². The Bertz CT molecular complexity index is 787. The zero-order valence-electron chi connectivity index (χ0n) is 15.1. The lowest BCUT2D eigenvalue weighted by atomic mass is 9.88. The zero-order valence-corrected chi connectivity index (χ0v) is 15.1. The maximum Gasteiger partial charge on any atom is 0.271 e. The fourth-order valence-electron chi connectivity index (χ4n) is 3.68. The van der Waals surface area contributed by atoms with Crippen molar-refractivity contribution < 1.29 is 9.59 Å². The molecule has 1 saturated carbocycles. The topological polar surface area (TPSA) is 63.1 Å². The Kier molecular flexibility index (Phi) is 4.66. The minimum absolute atomic E-state index is 0.102. The van der Waals surface area contributed by atoms with Crippen molar-refractivity contribution in [3.05, 3.63) is 53.3 Å². The molecule has 2 N–H and O–H groups in total. The van der Waals surface area contributed by atoms with Gasteiger partial charge in [0.05, 0.1) is 5.56 Å². The summed E-state index contributed by atoms with van der Waals surface area (Å²) in [5.74, 6) is -0.388. The number of benzene rings is 1. The second-order valence-electron chi connectivity index (χ2n) is 7.13. The number of hydrogen-bond acceptors (Lipinski definition) is 2. The molecule has 0 atom stereocenters. The van der Waals surface area contributed by atoms with Crippen molar-refractivity contribution in [3.63, 3.8) is 0 Å². The van der Waals surface area contributed by atoms with Gasteiger partial charge in [0.15, 0.2) is 0 Å². The van der Waals surface area contributed by atoms with E-state index in [1.165, 1.54) is 0 Å². The molecule has 1 fully saturated rings. The standard InChI is InChI=1S/C20H25N3O2/c1-14-13-17(15(2)23(14)16-9-5-4-6-10-16)18(24)21-22-19(25)20(3)11-7-8-12-20/h4-6,9-10,13H,7-8,11-12H2,1-3H3,(H,21,24)(H,22,25). The summed E-state index contributed by atoms with van der Waals surface area (Å²) in [7, 11) is 0. The van der Waals surface area contributed by atoms with Gasteiger partial charge >= 0.3 is 0 Å². The summed E-state index contributed by atoms with van der Waals surface area (Å²) >= 11 is 0. The quantitative estimate of drug-likeness (QED) is 0.842. The average Bonchev–Trinajstić information content (AvgIpc) is 3.17. The molecule has 0 aliphatic heterocycles. The largest absolute Gasteiger partial charge is 0.318 e. The normalized spacial score (nSPS) is 15.8. The van der Waals surface area contributed by atoms with Crippen molar-refractivity contribution in [2.45, 2.75) is 46.5 Å². The van der Waals surface area contributed by atoms with Crippen LogP contribution in [0, 0.1) is 19.3 Å². The number of amides is 2. The highest BCUT2D eigenvalue weighted by atomic mass is 16.2.